The highest BCUT2D eigenvalue weighted by atomic mass is 16.3. The summed E-state index contributed by atoms with van der Waals surface area (Å²) in [6.07, 6.45) is 5.36. The molecule has 1 aliphatic rings. The monoisotopic (exact) mass is 257 g/mol. The molecule has 0 aliphatic carbocycles. The zero-order valence-corrected chi connectivity index (χ0v) is 10.7. The largest absolute Gasteiger partial charge is 0.507 e. The van der Waals surface area contributed by atoms with Gasteiger partial charge in [0.15, 0.2) is 5.76 Å². The Morgan fingerprint density at radius 3 is 3.05 bits per heavy atom. The summed E-state index contributed by atoms with van der Waals surface area (Å²) in [5.74, 6) is 0.414. The number of aryl methyl sites for hydroxylation is 1. The molecule has 2 N–H and O–H groups in total. The van der Waals surface area contributed by atoms with Crippen LogP contribution in [-0.4, -0.2) is 17.6 Å². The molecule has 0 unspecified atom stereocenters. The van der Waals surface area contributed by atoms with E-state index in [2.05, 4.69) is 5.32 Å². The van der Waals surface area contributed by atoms with Crippen LogP contribution in [0, 0.1) is 0 Å². The first-order valence-corrected chi connectivity index (χ1v) is 6.40. The summed E-state index contributed by atoms with van der Waals surface area (Å²) >= 11 is 0. The molecule has 3 rings (SSSR count). The third kappa shape index (κ3) is 1.80. The first kappa shape index (κ1) is 11.8. The Kier molecular flexibility index (Phi) is 2.78. The fourth-order valence-electron chi connectivity index (χ4n) is 2.57. The summed E-state index contributed by atoms with van der Waals surface area (Å²) in [7, 11) is 0. The molecule has 0 radical (unpaired) electrons. The zero-order valence-electron chi connectivity index (χ0n) is 10.7. The SMILES string of the molecule is C/C=C/c1c(O)ccc2oc3c(c12)CCCNC3=O. The van der Waals surface area contributed by atoms with Crippen molar-refractivity contribution in [1.29, 1.82) is 0 Å². The average molecular weight is 257 g/mol. The number of hydrogen-bond acceptors (Lipinski definition) is 3. The van der Waals surface area contributed by atoms with Gasteiger partial charge in [0, 0.05) is 23.1 Å². The Morgan fingerprint density at radius 1 is 1.42 bits per heavy atom. The molecule has 98 valence electrons. The first-order chi connectivity index (χ1) is 9.22. The molecule has 0 fully saturated rings. The van der Waals surface area contributed by atoms with Crippen molar-refractivity contribution in [3.8, 4) is 5.75 Å². The quantitative estimate of drug-likeness (QED) is 0.825. The van der Waals surface area contributed by atoms with Gasteiger partial charge in [-0.25, -0.2) is 0 Å². The Balaban J connectivity index is 2.36. The van der Waals surface area contributed by atoms with Crippen LogP contribution >= 0.6 is 0 Å². The van der Waals surface area contributed by atoms with E-state index in [4.69, 9.17) is 4.42 Å². The van der Waals surface area contributed by atoms with Crippen LogP contribution in [0.5, 0.6) is 5.75 Å². The van der Waals surface area contributed by atoms with Gasteiger partial charge in [-0.2, -0.15) is 0 Å². The van der Waals surface area contributed by atoms with Gasteiger partial charge in [-0.3, -0.25) is 4.79 Å². The molecule has 1 aliphatic heterocycles. The maximum Gasteiger partial charge on any atom is 0.287 e. The Hall–Kier alpha value is -2.23. The fourth-order valence-corrected chi connectivity index (χ4v) is 2.57. The molecule has 0 bridgehead atoms. The summed E-state index contributed by atoms with van der Waals surface area (Å²) in [6, 6.07) is 3.30. The summed E-state index contributed by atoms with van der Waals surface area (Å²) in [4.78, 5) is 11.9. The van der Waals surface area contributed by atoms with Gasteiger partial charge >= 0.3 is 0 Å². The van der Waals surface area contributed by atoms with E-state index in [1.807, 2.05) is 19.1 Å². The smallest absolute Gasteiger partial charge is 0.287 e. The number of allylic oxidation sites excluding steroid dienone is 1. The van der Waals surface area contributed by atoms with Gasteiger partial charge in [-0.05, 0) is 31.9 Å². The number of hydrogen-bond donors (Lipinski definition) is 2. The van der Waals surface area contributed by atoms with Crippen LogP contribution in [0.15, 0.2) is 22.6 Å². The molecule has 4 nitrogen and oxygen atoms in total. The minimum atomic E-state index is -0.172. The minimum Gasteiger partial charge on any atom is -0.507 e. The van der Waals surface area contributed by atoms with Crippen molar-refractivity contribution in [3.63, 3.8) is 0 Å². The van der Waals surface area contributed by atoms with E-state index >= 15 is 0 Å². The second-order valence-electron chi connectivity index (χ2n) is 4.64. The van der Waals surface area contributed by atoms with Crippen LogP contribution in [0.1, 0.15) is 35.0 Å². The Bertz CT molecular complexity index is 682. The summed E-state index contributed by atoms with van der Waals surface area (Å²) < 4.78 is 5.67. The van der Waals surface area contributed by atoms with Crippen molar-refractivity contribution in [2.24, 2.45) is 0 Å². The predicted octanol–water partition coefficient (Wildman–Crippen LogP) is 2.85. The van der Waals surface area contributed by atoms with Crippen LogP contribution in [-0.2, 0) is 6.42 Å². The Morgan fingerprint density at radius 2 is 2.26 bits per heavy atom. The normalized spacial score (nSPS) is 15.5. The predicted molar refractivity (Wildman–Crippen MR) is 73.2 cm³/mol. The lowest BCUT2D eigenvalue weighted by atomic mass is 10.0. The van der Waals surface area contributed by atoms with Gasteiger partial charge in [0.05, 0.1) is 0 Å². The number of carbonyl (C=O) groups is 1. The number of amides is 1. The van der Waals surface area contributed by atoms with Gasteiger partial charge in [-0.1, -0.05) is 12.2 Å². The van der Waals surface area contributed by atoms with E-state index in [0.717, 1.165) is 29.4 Å². The van der Waals surface area contributed by atoms with E-state index in [0.29, 0.717) is 17.9 Å². The van der Waals surface area contributed by atoms with Crippen molar-refractivity contribution < 1.29 is 14.3 Å². The van der Waals surface area contributed by atoms with Crippen LogP contribution in [0.4, 0.5) is 0 Å². The molecule has 1 aromatic heterocycles. The third-order valence-corrected chi connectivity index (χ3v) is 3.40. The third-order valence-electron chi connectivity index (χ3n) is 3.40. The van der Waals surface area contributed by atoms with Gasteiger partial charge in [-0.15, -0.1) is 0 Å². The lowest BCUT2D eigenvalue weighted by molar-refractivity contribution is 0.0931. The number of furan rings is 1. The molecule has 0 saturated carbocycles. The summed E-state index contributed by atoms with van der Waals surface area (Å²) in [5, 5.41) is 13.7. The van der Waals surface area contributed by atoms with E-state index in [1.54, 1.807) is 12.1 Å². The summed E-state index contributed by atoms with van der Waals surface area (Å²) in [6.45, 7) is 2.55. The van der Waals surface area contributed by atoms with Crippen LogP contribution in [0.25, 0.3) is 17.0 Å². The summed E-state index contributed by atoms with van der Waals surface area (Å²) in [5.41, 5.74) is 2.27. The van der Waals surface area contributed by atoms with E-state index in [-0.39, 0.29) is 11.7 Å². The fraction of sp³-hybridized carbons (Fsp3) is 0.267. The Labute approximate surface area is 110 Å². The highest BCUT2D eigenvalue weighted by molar-refractivity contribution is 6.02. The number of nitrogens with one attached hydrogen (secondary N) is 1. The van der Waals surface area contributed by atoms with Crippen molar-refractivity contribution in [2.75, 3.05) is 6.54 Å². The van der Waals surface area contributed by atoms with Gasteiger partial charge in [0.2, 0.25) is 0 Å². The van der Waals surface area contributed by atoms with Crippen LogP contribution < -0.4 is 5.32 Å². The van der Waals surface area contributed by atoms with Gasteiger partial charge in [0.25, 0.3) is 5.91 Å². The molecule has 0 saturated heterocycles. The lowest BCUT2D eigenvalue weighted by Crippen LogP contribution is -2.22. The van der Waals surface area contributed by atoms with Crippen molar-refractivity contribution in [3.05, 3.63) is 35.1 Å². The number of benzene rings is 1. The second kappa shape index (κ2) is 4.46. The van der Waals surface area contributed by atoms with Crippen molar-refractivity contribution in [2.45, 2.75) is 19.8 Å². The van der Waals surface area contributed by atoms with Gasteiger partial charge < -0.3 is 14.8 Å². The van der Waals surface area contributed by atoms with Crippen molar-refractivity contribution >= 4 is 23.0 Å². The molecular weight excluding hydrogens is 242 g/mol. The first-order valence-electron chi connectivity index (χ1n) is 6.40. The molecule has 19 heavy (non-hydrogen) atoms. The topological polar surface area (TPSA) is 62.5 Å². The highest BCUT2D eigenvalue weighted by Gasteiger charge is 2.24. The average Bonchev–Trinajstić information content (AvgIpc) is 2.68. The number of carbonyl (C=O) groups excluding carboxylic acids is 1. The molecule has 0 spiro atoms. The minimum absolute atomic E-state index is 0.172. The van der Waals surface area contributed by atoms with E-state index in [9.17, 15) is 9.90 Å². The van der Waals surface area contributed by atoms with E-state index in [1.165, 1.54) is 0 Å². The molecular formula is C15H15NO3. The van der Waals surface area contributed by atoms with Crippen molar-refractivity contribution in [1.82, 2.24) is 5.32 Å². The number of aromatic hydroxyl groups is 1. The van der Waals surface area contributed by atoms with Crippen LogP contribution in [0.3, 0.4) is 0 Å². The number of phenols is 1. The second-order valence-corrected chi connectivity index (χ2v) is 4.64. The highest BCUT2D eigenvalue weighted by Crippen LogP contribution is 2.36. The number of fused-ring (bicyclic) bond motifs is 3. The van der Waals surface area contributed by atoms with Crippen LogP contribution in [0.2, 0.25) is 0 Å². The molecule has 4 heteroatoms. The molecule has 2 aromatic rings. The molecule has 2 heterocycles. The molecule has 1 aromatic carbocycles. The van der Waals surface area contributed by atoms with E-state index < -0.39 is 0 Å². The molecule has 0 atom stereocenters. The zero-order chi connectivity index (χ0) is 13.4. The molecule has 1 amide bonds. The number of phenolic OH excluding ortho intramolecular Hbond substituents is 1. The maximum absolute atomic E-state index is 11.9. The standard InChI is InChI=1S/C15H15NO3/c1-2-4-9-11(17)6-7-12-13(9)10-5-3-8-16-15(18)14(10)19-12/h2,4,6-7,17H,3,5,8H2,1H3,(H,16,18)/b4-2+. The number of rotatable bonds is 1. The van der Waals surface area contributed by atoms with Gasteiger partial charge in [0.1, 0.15) is 11.3 Å². The lowest BCUT2D eigenvalue weighted by Gasteiger charge is -2.03. The maximum atomic E-state index is 11.9.